The molecule has 0 radical (unpaired) electrons. The molecule has 6 heteroatoms. The van der Waals surface area contributed by atoms with Gasteiger partial charge in [-0.05, 0) is 27.5 Å². The van der Waals surface area contributed by atoms with Gasteiger partial charge in [0.25, 0.3) is 0 Å². The van der Waals surface area contributed by atoms with E-state index in [-0.39, 0.29) is 0 Å². The molecule has 1 aromatic rings. The van der Waals surface area contributed by atoms with Crippen LogP contribution in [0.5, 0.6) is 0 Å². The van der Waals surface area contributed by atoms with Crippen molar-refractivity contribution in [2.24, 2.45) is 0 Å². The summed E-state index contributed by atoms with van der Waals surface area (Å²) in [4.78, 5) is 2.46. The zero-order chi connectivity index (χ0) is 9.80. The minimum absolute atomic E-state index is 0.997. The van der Waals surface area contributed by atoms with Gasteiger partial charge in [-0.2, -0.15) is 0 Å². The van der Waals surface area contributed by atoms with Crippen molar-refractivity contribution in [2.45, 2.75) is 6.42 Å². The molecule has 14 heavy (non-hydrogen) atoms. The predicted octanol–water partition coefficient (Wildman–Crippen LogP) is 0.748. The first-order valence-corrected chi connectivity index (χ1v) is 6.33. The van der Waals surface area contributed by atoms with Crippen molar-refractivity contribution < 1.29 is 0 Å². The maximum atomic E-state index is 4.08. The maximum Gasteiger partial charge on any atom is 0.114 e. The number of hydrogen-bond acceptors (Lipinski definition) is 5. The highest BCUT2D eigenvalue weighted by molar-refractivity contribution is 9.11. The third-order valence-electron chi connectivity index (χ3n) is 2.38. The molecule has 0 aliphatic carbocycles. The molecule has 1 saturated heterocycles. The van der Waals surface area contributed by atoms with Crippen LogP contribution in [-0.4, -0.2) is 47.2 Å². The molecule has 0 aromatic carbocycles. The summed E-state index contributed by atoms with van der Waals surface area (Å²) < 4.78 is 4.98. The molecule has 0 saturated carbocycles. The van der Waals surface area contributed by atoms with E-state index < -0.39 is 0 Å². The van der Waals surface area contributed by atoms with Gasteiger partial charge in [-0.25, -0.2) is 0 Å². The molecule has 0 bridgehead atoms. The summed E-state index contributed by atoms with van der Waals surface area (Å²) in [7, 11) is 0. The van der Waals surface area contributed by atoms with Crippen molar-refractivity contribution in [1.82, 2.24) is 19.8 Å². The molecule has 0 spiro atoms. The van der Waals surface area contributed by atoms with Crippen LogP contribution in [0.1, 0.15) is 5.69 Å². The summed E-state index contributed by atoms with van der Waals surface area (Å²) in [5.74, 6) is 0. The molecule has 0 amide bonds. The third kappa shape index (κ3) is 2.73. The van der Waals surface area contributed by atoms with E-state index in [2.05, 4.69) is 35.7 Å². The van der Waals surface area contributed by atoms with Gasteiger partial charge >= 0.3 is 0 Å². The Kier molecular flexibility index (Phi) is 3.86. The van der Waals surface area contributed by atoms with Crippen molar-refractivity contribution in [1.29, 1.82) is 0 Å². The molecule has 78 valence electrons. The SMILES string of the molecule is Brc1snnc1CCN1CCNCC1. The van der Waals surface area contributed by atoms with Crippen molar-refractivity contribution in [3.05, 3.63) is 9.48 Å². The van der Waals surface area contributed by atoms with Crippen molar-refractivity contribution in [3.63, 3.8) is 0 Å². The first kappa shape index (κ1) is 10.5. The Balaban J connectivity index is 1.79. The van der Waals surface area contributed by atoms with Crippen LogP contribution in [0.15, 0.2) is 3.79 Å². The first-order chi connectivity index (χ1) is 6.86. The average molecular weight is 277 g/mol. The van der Waals surface area contributed by atoms with Gasteiger partial charge in [-0.3, -0.25) is 0 Å². The van der Waals surface area contributed by atoms with Crippen LogP contribution in [0.3, 0.4) is 0 Å². The molecule has 0 unspecified atom stereocenters. The lowest BCUT2D eigenvalue weighted by molar-refractivity contribution is 0.243. The minimum atomic E-state index is 0.997. The van der Waals surface area contributed by atoms with E-state index in [1.807, 2.05) is 0 Å². The Morgan fingerprint density at radius 2 is 2.21 bits per heavy atom. The van der Waals surface area contributed by atoms with E-state index in [0.717, 1.165) is 48.6 Å². The average Bonchev–Trinajstić information content (AvgIpc) is 2.63. The topological polar surface area (TPSA) is 41.1 Å². The van der Waals surface area contributed by atoms with Crippen molar-refractivity contribution in [2.75, 3.05) is 32.7 Å². The molecule has 1 aliphatic rings. The van der Waals surface area contributed by atoms with Crippen LogP contribution in [0.25, 0.3) is 0 Å². The minimum Gasteiger partial charge on any atom is -0.314 e. The van der Waals surface area contributed by atoms with Crippen LogP contribution < -0.4 is 5.32 Å². The molecule has 1 aliphatic heterocycles. The van der Waals surface area contributed by atoms with E-state index in [0.29, 0.717) is 0 Å². The Hall–Kier alpha value is -0.0400. The maximum absolute atomic E-state index is 4.08. The molecular weight excluding hydrogens is 264 g/mol. The molecule has 1 N–H and O–H groups in total. The second-order valence-electron chi connectivity index (χ2n) is 3.33. The Labute approximate surface area is 96.0 Å². The van der Waals surface area contributed by atoms with E-state index in [1.165, 1.54) is 11.5 Å². The summed E-state index contributed by atoms with van der Waals surface area (Å²) in [6, 6.07) is 0. The first-order valence-electron chi connectivity index (χ1n) is 4.76. The van der Waals surface area contributed by atoms with Crippen LogP contribution in [0, 0.1) is 0 Å². The lowest BCUT2D eigenvalue weighted by Crippen LogP contribution is -2.44. The van der Waals surface area contributed by atoms with Crippen LogP contribution >= 0.6 is 27.5 Å². The van der Waals surface area contributed by atoms with Crippen LogP contribution in [0.2, 0.25) is 0 Å². The second kappa shape index (κ2) is 5.16. The standard InChI is InChI=1S/C8H13BrN4S/c9-8-7(11-12-14-8)1-4-13-5-2-10-3-6-13/h10H,1-6H2. The summed E-state index contributed by atoms with van der Waals surface area (Å²) in [6.45, 7) is 5.60. The fourth-order valence-corrected chi connectivity index (χ4v) is 2.48. The van der Waals surface area contributed by atoms with Crippen LogP contribution in [-0.2, 0) is 6.42 Å². The fourth-order valence-electron chi connectivity index (χ4n) is 1.54. The van der Waals surface area contributed by atoms with Gasteiger partial charge in [-0.15, -0.1) is 5.10 Å². The molecular formula is C8H13BrN4S. The van der Waals surface area contributed by atoms with Crippen LogP contribution in [0.4, 0.5) is 0 Å². The number of piperazine rings is 1. The second-order valence-corrected chi connectivity index (χ2v) is 5.41. The van der Waals surface area contributed by atoms with Gasteiger partial charge in [0.15, 0.2) is 0 Å². The van der Waals surface area contributed by atoms with E-state index in [9.17, 15) is 0 Å². The van der Waals surface area contributed by atoms with Gasteiger partial charge in [0.1, 0.15) is 3.79 Å². The number of halogens is 1. The lowest BCUT2D eigenvalue weighted by Gasteiger charge is -2.26. The highest BCUT2D eigenvalue weighted by atomic mass is 79.9. The zero-order valence-electron chi connectivity index (χ0n) is 7.87. The molecule has 1 fully saturated rings. The van der Waals surface area contributed by atoms with Gasteiger partial charge in [0.05, 0.1) is 5.69 Å². The number of nitrogens with zero attached hydrogens (tertiary/aromatic N) is 3. The highest BCUT2D eigenvalue weighted by Gasteiger charge is 2.11. The number of nitrogens with one attached hydrogen (secondary N) is 1. The Bertz CT molecular complexity index is 285. The highest BCUT2D eigenvalue weighted by Crippen LogP contribution is 2.18. The number of aromatic nitrogens is 2. The van der Waals surface area contributed by atoms with E-state index in [4.69, 9.17) is 0 Å². The fraction of sp³-hybridized carbons (Fsp3) is 0.750. The largest absolute Gasteiger partial charge is 0.314 e. The molecule has 2 heterocycles. The zero-order valence-corrected chi connectivity index (χ0v) is 10.3. The molecule has 0 atom stereocenters. The Morgan fingerprint density at radius 1 is 1.43 bits per heavy atom. The van der Waals surface area contributed by atoms with Gasteiger partial charge < -0.3 is 10.2 Å². The molecule has 4 nitrogen and oxygen atoms in total. The third-order valence-corrected chi connectivity index (χ3v) is 3.84. The van der Waals surface area contributed by atoms with Crippen molar-refractivity contribution >= 4 is 27.5 Å². The van der Waals surface area contributed by atoms with Gasteiger partial charge in [-0.1, -0.05) is 4.49 Å². The van der Waals surface area contributed by atoms with E-state index >= 15 is 0 Å². The lowest BCUT2D eigenvalue weighted by atomic mass is 10.3. The smallest absolute Gasteiger partial charge is 0.114 e. The summed E-state index contributed by atoms with van der Waals surface area (Å²) in [5.41, 5.74) is 1.09. The summed E-state index contributed by atoms with van der Waals surface area (Å²) in [6.07, 6.45) is 0.997. The molecule has 1 aromatic heterocycles. The van der Waals surface area contributed by atoms with E-state index in [1.54, 1.807) is 0 Å². The van der Waals surface area contributed by atoms with Crippen molar-refractivity contribution in [3.8, 4) is 0 Å². The van der Waals surface area contributed by atoms with Gasteiger partial charge in [0, 0.05) is 39.1 Å². The van der Waals surface area contributed by atoms with Gasteiger partial charge in [0.2, 0.25) is 0 Å². The predicted molar refractivity (Wildman–Crippen MR) is 60.6 cm³/mol. The monoisotopic (exact) mass is 276 g/mol. The number of hydrogen-bond donors (Lipinski definition) is 1. The quantitative estimate of drug-likeness (QED) is 0.885. The molecule has 2 rings (SSSR count). The summed E-state index contributed by atoms with van der Waals surface area (Å²) >= 11 is 4.87. The Morgan fingerprint density at radius 3 is 2.86 bits per heavy atom. The number of rotatable bonds is 3. The summed E-state index contributed by atoms with van der Waals surface area (Å²) in [5, 5.41) is 7.42. The normalized spacial score (nSPS) is 18.6.